The van der Waals surface area contributed by atoms with Crippen molar-refractivity contribution in [3.8, 4) is 5.75 Å². The van der Waals surface area contributed by atoms with Crippen LogP contribution < -0.4 is 4.74 Å². The minimum absolute atomic E-state index is 0.0254. The molecule has 2 rings (SSSR count). The van der Waals surface area contributed by atoms with Gasteiger partial charge in [-0.15, -0.1) is 0 Å². The van der Waals surface area contributed by atoms with E-state index in [1.54, 1.807) is 30.3 Å². The van der Waals surface area contributed by atoms with Crippen molar-refractivity contribution < 1.29 is 14.5 Å². The van der Waals surface area contributed by atoms with Gasteiger partial charge >= 0.3 is 0 Å². The molecule has 0 amide bonds. The van der Waals surface area contributed by atoms with Crippen LogP contribution in [-0.4, -0.2) is 11.2 Å². The lowest BCUT2D eigenvalue weighted by Crippen LogP contribution is -2.01. The molecule has 0 N–H and O–H groups in total. The summed E-state index contributed by atoms with van der Waals surface area (Å²) in [4.78, 5) is 21.4. The molecule has 0 aliphatic carbocycles. The average Bonchev–Trinajstić information content (AvgIpc) is 2.46. The SMILES string of the molecule is O=Cc1cc(Br)ccc1OCc1cccc([N+](=O)[O-])c1Br. The van der Waals surface area contributed by atoms with Gasteiger partial charge in [0.15, 0.2) is 6.29 Å². The first-order valence-corrected chi connectivity index (χ1v) is 7.41. The maximum atomic E-state index is 11.0. The number of halogens is 2. The lowest BCUT2D eigenvalue weighted by atomic mass is 10.2. The van der Waals surface area contributed by atoms with Gasteiger partial charge in [0.2, 0.25) is 0 Å². The highest BCUT2D eigenvalue weighted by Gasteiger charge is 2.15. The number of rotatable bonds is 5. The molecular weight excluding hydrogens is 406 g/mol. The second kappa shape index (κ2) is 6.82. The van der Waals surface area contributed by atoms with Gasteiger partial charge < -0.3 is 4.74 Å². The molecule has 21 heavy (non-hydrogen) atoms. The van der Waals surface area contributed by atoms with Crippen molar-refractivity contribution >= 4 is 43.8 Å². The van der Waals surface area contributed by atoms with Crippen LogP contribution >= 0.6 is 31.9 Å². The van der Waals surface area contributed by atoms with Crippen LogP contribution in [0.2, 0.25) is 0 Å². The van der Waals surface area contributed by atoms with Crippen molar-refractivity contribution in [2.24, 2.45) is 0 Å². The van der Waals surface area contributed by atoms with Crippen molar-refractivity contribution in [3.63, 3.8) is 0 Å². The van der Waals surface area contributed by atoms with Crippen LogP contribution in [-0.2, 0) is 6.61 Å². The maximum Gasteiger partial charge on any atom is 0.283 e. The van der Waals surface area contributed by atoms with Crippen LogP contribution in [0.3, 0.4) is 0 Å². The molecule has 0 unspecified atom stereocenters. The number of carbonyl (C=O) groups is 1. The Hall–Kier alpha value is -1.73. The topological polar surface area (TPSA) is 69.4 Å². The minimum Gasteiger partial charge on any atom is -0.488 e. The predicted octanol–water partition coefficient (Wildman–Crippen LogP) is 4.51. The van der Waals surface area contributed by atoms with Crippen molar-refractivity contribution in [2.75, 3.05) is 0 Å². The fourth-order valence-corrected chi connectivity index (χ4v) is 2.62. The number of nitro benzene ring substituents is 1. The molecule has 0 aromatic heterocycles. The van der Waals surface area contributed by atoms with Gasteiger partial charge in [0.1, 0.15) is 16.8 Å². The first-order chi connectivity index (χ1) is 10.0. The standard InChI is InChI=1S/C14H9Br2NO4/c15-11-4-5-13(10(6-11)7-18)21-8-9-2-1-3-12(14(9)16)17(19)20/h1-7H,8H2. The van der Waals surface area contributed by atoms with E-state index in [2.05, 4.69) is 31.9 Å². The first kappa shape index (κ1) is 15.7. The van der Waals surface area contributed by atoms with Gasteiger partial charge in [-0.1, -0.05) is 28.1 Å². The average molecular weight is 415 g/mol. The number of benzene rings is 2. The maximum absolute atomic E-state index is 11.0. The number of hydrogen-bond donors (Lipinski definition) is 0. The number of ether oxygens (including phenoxy) is 1. The third-order valence-corrected chi connectivity index (χ3v) is 4.15. The molecule has 0 spiro atoms. The van der Waals surface area contributed by atoms with E-state index in [4.69, 9.17) is 4.74 Å². The van der Waals surface area contributed by atoms with E-state index in [1.165, 1.54) is 6.07 Å². The monoisotopic (exact) mass is 413 g/mol. The molecule has 0 heterocycles. The number of nitrogens with zero attached hydrogens (tertiary/aromatic N) is 1. The summed E-state index contributed by atoms with van der Waals surface area (Å²) >= 11 is 6.48. The van der Waals surface area contributed by atoms with E-state index >= 15 is 0 Å². The third kappa shape index (κ3) is 3.68. The Kier molecular flexibility index (Phi) is 5.08. The normalized spacial score (nSPS) is 10.2. The van der Waals surface area contributed by atoms with Crippen molar-refractivity contribution in [2.45, 2.75) is 6.61 Å². The van der Waals surface area contributed by atoms with E-state index in [9.17, 15) is 14.9 Å². The smallest absolute Gasteiger partial charge is 0.283 e. The Morgan fingerprint density at radius 1 is 1.24 bits per heavy atom. The lowest BCUT2D eigenvalue weighted by Gasteiger charge is -2.10. The second-order valence-electron chi connectivity index (χ2n) is 4.10. The zero-order valence-electron chi connectivity index (χ0n) is 10.6. The summed E-state index contributed by atoms with van der Waals surface area (Å²) in [6, 6.07) is 9.78. The minimum atomic E-state index is -0.468. The largest absolute Gasteiger partial charge is 0.488 e. The summed E-state index contributed by atoms with van der Waals surface area (Å²) < 4.78 is 6.73. The molecule has 0 atom stereocenters. The zero-order valence-corrected chi connectivity index (χ0v) is 13.8. The molecule has 0 saturated heterocycles. The van der Waals surface area contributed by atoms with Gasteiger partial charge in [0.05, 0.1) is 10.5 Å². The molecule has 0 saturated carbocycles. The Bertz CT molecular complexity index is 703. The number of hydrogen-bond acceptors (Lipinski definition) is 4. The molecule has 7 heteroatoms. The Labute approximate surface area is 137 Å². The van der Waals surface area contributed by atoms with Gasteiger partial charge in [-0.3, -0.25) is 14.9 Å². The third-order valence-electron chi connectivity index (χ3n) is 2.74. The van der Waals surface area contributed by atoms with Gasteiger partial charge in [0.25, 0.3) is 5.69 Å². The molecule has 0 bridgehead atoms. The van der Waals surface area contributed by atoms with Gasteiger partial charge in [0, 0.05) is 16.1 Å². The summed E-state index contributed by atoms with van der Waals surface area (Å²) in [5.41, 5.74) is 1.01. The molecular formula is C14H9Br2NO4. The molecule has 2 aromatic rings. The van der Waals surface area contributed by atoms with E-state index in [0.717, 1.165) is 4.47 Å². The van der Waals surface area contributed by atoms with E-state index in [-0.39, 0.29) is 12.3 Å². The summed E-state index contributed by atoms with van der Waals surface area (Å²) in [6.07, 6.45) is 0.697. The number of nitro groups is 1. The van der Waals surface area contributed by atoms with Crippen LogP contribution in [0.25, 0.3) is 0 Å². The van der Waals surface area contributed by atoms with E-state index in [1.807, 2.05) is 0 Å². The summed E-state index contributed by atoms with van der Waals surface area (Å²) in [5.74, 6) is 0.423. The van der Waals surface area contributed by atoms with Crippen molar-refractivity contribution in [3.05, 3.63) is 66.6 Å². The van der Waals surface area contributed by atoms with E-state index in [0.29, 0.717) is 27.6 Å². The molecule has 0 fully saturated rings. The van der Waals surface area contributed by atoms with Crippen LogP contribution in [0.5, 0.6) is 5.75 Å². The molecule has 5 nitrogen and oxygen atoms in total. The molecule has 0 radical (unpaired) electrons. The fourth-order valence-electron chi connectivity index (χ4n) is 1.72. The van der Waals surface area contributed by atoms with Gasteiger partial charge in [-0.25, -0.2) is 0 Å². The summed E-state index contributed by atoms with van der Waals surface area (Å²) in [5, 5.41) is 10.9. The highest BCUT2D eigenvalue weighted by molar-refractivity contribution is 9.10. The molecule has 0 aliphatic rings. The Balaban J connectivity index is 2.23. The summed E-state index contributed by atoms with van der Waals surface area (Å²) in [6.45, 7) is 0.116. The first-order valence-electron chi connectivity index (χ1n) is 5.82. The van der Waals surface area contributed by atoms with Crippen molar-refractivity contribution in [1.82, 2.24) is 0 Å². The van der Waals surface area contributed by atoms with Crippen molar-refractivity contribution in [1.29, 1.82) is 0 Å². The molecule has 108 valence electrons. The number of carbonyl (C=O) groups excluding carboxylic acids is 1. The Morgan fingerprint density at radius 3 is 2.67 bits per heavy atom. The van der Waals surface area contributed by atoms with Gasteiger partial charge in [-0.2, -0.15) is 0 Å². The number of aldehydes is 1. The van der Waals surface area contributed by atoms with Crippen LogP contribution in [0.4, 0.5) is 5.69 Å². The lowest BCUT2D eigenvalue weighted by molar-refractivity contribution is -0.385. The van der Waals surface area contributed by atoms with Crippen LogP contribution in [0, 0.1) is 10.1 Å². The Morgan fingerprint density at radius 2 is 2.00 bits per heavy atom. The fraction of sp³-hybridized carbons (Fsp3) is 0.0714. The predicted molar refractivity (Wildman–Crippen MR) is 84.7 cm³/mol. The van der Waals surface area contributed by atoms with Crippen LogP contribution in [0.1, 0.15) is 15.9 Å². The highest BCUT2D eigenvalue weighted by atomic mass is 79.9. The van der Waals surface area contributed by atoms with E-state index < -0.39 is 4.92 Å². The second-order valence-corrected chi connectivity index (χ2v) is 5.80. The molecule has 0 aliphatic heterocycles. The zero-order chi connectivity index (χ0) is 15.4. The van der Waals surface area contributed by atoms with Gasteiger partial charge in [-0.05, 0) is 34.1 Å². The summed E-state index contributed by atoms with van der Waals surface area (Å²) in [7, 11) is 0. The van der Waals surface area contributed by atoms with Crippen LogP contribution in [0.15, 0.2) is 45.3 Å². The highest BCUT2D eigenvalue weighted by Crippen LogP contribution is 2.30. The molecule has 2 aromatic carbocycles. The quantitative estimate of drug-likeness (QED) is 0.410.